The van der Waals surface area contributed by atoms with Crippen molar-refractivity contribution in [2.45, 2.75) is 39.3 Å². The van der Waals surface area contributed by atoms with Gasteiger partial charge in [0.15, 0.2) is 5.11 Å². The lowest BCUT2D eigenvalue weighted by Gasteiger charge is -2.27. The summed E-state index contributed by atoms with van der Waals surface area (Å²) in [6.45, 7) is 6.54. The van der Waals surface area contributed by atoms with Crippen LogP contribution in [0.3, 0.4) is 0 Å². The highest BCUT2D eigenvalue weighted by molar-refractivity contribution is 7.80. The molecular formula is C30H31N5OS. The van der Waals surface area contributed by atoms with Gasteiger partial charge >= 0.3 is 0 Å². The van der Waals surface area contributed by atoms with Crippen molar-refractivity contribution in [2.24, 2.45) is 0 Å². The highest BCUT2D eigenvalue weighted by atomic mass is 32.1. The lowest BCUT2D eigenvalue weighted by atomic mass is 9.96. The van der Waals surface area contributed by atoms with Crippen LogP contribution in [0.5, 0.6) is 0 Å². The highest BCUT2D eigenvalue weighted by Gasteiger charge is 2.42. The van der Waals surface area contributed by atoms with Crippen LogP contribution in [0.15, 0.2) is 85.1 Å². The number of carbonyl (C=O) groups excluding carboxylic acids is 1. The van der Waals surface area contributed by atoms with Crippen LogP contribution in [0.2, 0.25) is 0 Å². The van der Waals surface area contributed by atoms with Crippen molar-refractivity contribution >= 4 is 28.9 Å². The van der Waals surface area contributed by atoms with E-state index in [0.29, 0.717) is 5.11 Å². The van der Waals surface area contributed by atoms with Crippen LogP contribution in [0.4, 0.5) is 5.69 Å². The van der Waals surface area contributed by atoms with E-state index in [4.69, 9.17) is 12.2 Å². The second-order valence-electron chi connectivity index (χ2n) is 9.35. The van der Waals surface area contributed by atoms with Gasteiger partial charge in [-0.05, 0) is 86.1 Å². The Labute approximate surface area is 223 Å². The van der Waals surface area contributed by atoms with Crippen molar-refractivity contribution in [2.75, 3.05) is 11.9 Å². The summed E-state index contributed by atoms with van der Waals surface area (Å²) in [5, 5.41) is 6.99. The summed E-state index contributed by atoms with van der Waals surface area (Å²) in [6, 6.07) is 25.9. The first-order chi connectivity index (χ1) is 18.0. The minimum atomic E-state index is -0.196. The van der Waals surface area contributed by atoms with Crippen molar-refractivity contribution in [3.63, 3.8) is 0 Å². The number of rotatable bonds is 7. The summed E-state index contributed by atoms with van der Waals surface area (Å²) in [4.78, 5) is 19.7. The third-order valence-electron chi connectivity index (χ3n) is 6.96. The molecule has 0 spiro atoms. The van der Waals surface area contributed by atoms with Gasteiger partial charge in [-0.3, -0.25) is 9.78 Å². The van der Waals surface area contributed by atoms with Crippen molar-refractivity contribution in [3.05, 3.63) is 113 Å². The first kappa shape index (κ1) is 24.7. The van der Waals surface area contributed by atoms with Crippen LogP contribution in [0.25, 0.3) is 5.69 Å². The zero-order chi connectivity index (χ0) is 25.9. The minimum absolute atomic E-state index is 0.119. The van der Waals surface area contributed by atoms with Gasteiger partial charge in [-0.1, -0.05) is 43.3 Å². The fourth-order valence-corrected chi connectivity index (χ4v) is 5.46. The molecule has 0 aliphatic carbocycles. The van der Waals surface area contributed by atoms with E-state index < -0.39 is 0 Å². The van der Waals surface area contributed by atoms with E-state index in [1.54, 1.807) is 6.20 Å². The van der Waals surface area contributed by atoms with E-state index in [1.807, 2.05) is 53.4 Å². The third-order valence-corrected chi connectivity index (χ3v) is 7.31. The molecule has 2 N–H and O–H groups in total. The van der Waals surface area contributed by atoms with Crippen LogP contribution >= 0.6 is 12.2 Å². The van der Waals surface area contributed by atoms with Crippen molar-refractivity contribution in [1.29, 1.82) is 0 Å². The van der Waals surface area contributed by atoms with Crippen LogP contribution in [0.1, 0.15) is 47.2 Å². The minimum Gasteiger partial charge on any atom is -0.352 e. The topological polar surface area (TPSA) is 62.2 Å². The van der Waals surface area contributed by atoms with Gasteiger partial charge in [0.2, 0.25) is 5.91 Å². The molecule has 7 heteroatoms. The molecule has 2 atom stereocenters. The average Bonchev–Trinajstić information content (AvgIpc) is 3.39. The number of para-hydroxylation sites is 1. The maximum absolute atomic E-state index is 13.1. The van der Waals surface area contributed by atoms with Crippen LogP contribution in [-0.2, 0) is 11.2 Å². The Morgan fingerprint density at radius 3 is 2.43 bits per heavy atom. The molecule has 2 aromatic carbocycles. The molecule has 2 aromatic heterocycles. The summed E-state index contributed by atoms with van der Waals surface area (Å²) in [5.74, 6) is -0.119. The second-order valence-corrected chi connectivity index (χ2v) is 9.74. The average molecular weight is 510 g/mol. The summed E-state index contributed by atoms with van der Waals surface area (Å²) >= 11 is 5.78. The monoisotopic (exact) mass is 509 g/mol. The number of nitrogens with one attached hydrogen (secondary N) is 2. The van der Waals surface area contributed by atoms with Crippen LogP contribution < -0.4 is 10.6 Å². The van der Waals surface area contributed by atoms with E-state index in [-0.39, 0.29) is 24.5 Å². The fraction of sp³-hybridized carbons (Fsp3) is 0.233. The summed E-state index contributed by atoms with van der Waals surface area (Å²) in [7, 11) is 0. The quantitative estimate of drug-likeness (QED) is 0.315. The zero-order valence-corrected chi connectivity index (χ0v) is 22.1. The molecule has 37 heavy (non-hydrogen) atoms. The summed E-state index contributed by atoms with van der Waals surface area (Å²) in [5.41, 5.74) is 7.44. The molecule has 5 rings (SSSR count). The Morgan fingerprint density at radius 1 is 1.03 bits per heavy atom. The van der Waals surface area contributed by atoms with Crippen LogP contribution in [0, 0.1) is 13.8 Å². The summed E-state index contributed by atoms with van der Waals surface area (Å²) < 4.78 is 2.27. The molecule has 0 saturated carbocycles. The first-order valence-electron chi connectivity index (χ1n) is 12.6. The van der Waals surface area contributed by atoms with Gasteiger partial charge in [-0.2, -0.15) is 0 Å². The van der Waals surface area contributed by atoms with Gasteiger partial charge in [-0.25, -0.2) is 0 Å². The Balaban J connectivity index is 1.53. The third kappa shape index (κ3) is 5.00. The summed E-state index contributed by atoms with van der Waals surface area (Å²) in [6.07, 6.45) is 2.80. The van der Waals surface area contributed by atoms with Gasteiger partial charge in [-0.15, -0.1) is 0 Å². The Hall–Kier alpha value is -3.97. The number of carbonyl (C=O) groups is 1. The predicted octanol–water partition coefficient (Wildman–Crippen LogP) is 5.66. The maximum atomic E-state index is 13.1. The molecule has 1 aliphatic heterocycles. The Morgan fingerprint density at radius 2 is 1.76 bits per heavy atom. The number of hydrogen-bond donors (Lipinski definition) is 2. The number of aromatic nitrogens is 2. The van der Waals surface area contributed by atoms with Gasteiger partial charge in [0, 0.05) is 29.0 Å². The number of anilines is 1. The van der Waals surface area contributed by atoms with Crippen molar-refractivity contribution < 1.29 is 4.79 Å². The molecule has 0 radical (unpaired) electrons. The van der Waals surface area contributed by atoms with E-state index in [1.165, 1.54) is 5.56 Å². The lowest BCUT2D eigenvalue weighted by Crippen LogP contribution is -2.37. The SMILES string of the molecule is CCc1ccc(-n2c(C)cc([C@@H]3[C@H](c4ccccn4)NC(=S)N3CC(=O)Nc3ccccc3)c2C)cc1. The van der Waals surface area contributed by atoms with E-state index >= 15 is 0 Å². The first-order valence-corrected chi connectivity index (χ1v) is 13.0. The zero-order valence-electron chi connectivity index (χ0n) is 21.3. The van der Waals surface area contributed by atoms with Crippen molar-refractivity contribution in [1.82, 2.24) is 19.8 Å². The molecule has 1 amide bonds. The molecule has 0 bridgehead atoms. The van der Waals surface area contributed by atoms with Crippen LogP contribution in [-0.4, -0.2) is 32.0 Å². The molecule has 0 unspecified atom stereocenters. The number of aryl methyl sites for hydroxylation is 2. The largest absolute Gasteiger partial charge is 0.352 e. The van der Waals surface area contributed by atoms with E-state index in [2.05, 4.69) is 71.3 Å². The number of pyridine rings is 1. The molecule has 4 aromatic rings. The smallest absolute Gasteiger partial charge is 0.244 e. The van der Waals surface area contributed by atoms with Gasteiger partial charge in [0.05, 0.1) is 17.8 Å². The number of hydrogen-bond acceptors (Lipinski definition) is 3. The molecule has 1 aliphatic rings. The Bertz CT molecular complexity index is 1400. The highest BCUT2D eigenvalue weighted by Crippen LogP contribution is 2.41. The van der Waals surface area contributed by atoms with Crippen molar-refractivity contribution in [3.8, 4) is 5.69 Å². The number of amides is 1. The molecule has 3 heterocycles. The second kappa shape index (κ2) is 10.6. The molecule has 6 nitrogen and oxygen atoms in total. The molecule has 188 valence electrons. The maximum Gasteiger partial charge on any atom is 0.244 e. The number of benzene rings is 2. The van der Waals surface area contributed by atoms with Gasteiger partial charge in [0.25, 0.3) is 0 Å². The molecule has 1 fully saturated rings. The van der Waals surface area contributed by atoms with E-state index in [0.717, 1.165) is 40.4 Å². The Kier molecular flexibility index (Phi) is 7.06. The fourth-order valence-electron chi connectivity index (χ4n) is 5.16. The van der Waals surface area contributed by atoms with Gasteiger partial charge < -0.3 is 20.1 Å². The molecular weight excluding hydrogens is 478 g/mol. The number of thiocarbonyl (C=S) groups is 1. The molecule has 1 saturated heterocycles. The normalized spacial score (nSPS) is 17.1. The lowest BCUT2D eigenvalue weighted by molar-refractivity contribution is -0.116. The van der Waals surface area contributed by atoms with Gasteiger partial charge in [0.1, 0.15) is 6.54 Å². The van der Waals surface area contributed by atoms with E-state index in [9.17, 15) is 4.79 Å². The number of nitrogens with zero attached hydrogens (tertiary/aromatic N) is 3. The predicted molar refractivity (Wildman–Crippen MR) is 152 cm³/mol. The standard InChI is InChI=1S/C30H31N5OS/c1-4-22-13-15-24(16-14-22)35-20(2)18-25(21(35)3)29-28(26-12-8-9-17-31-26)33-30(37)34(29)19-27(36)32-23-10-6-5-7-11-23/h5-18,28-29H,4,19H2,1-3H3,(H,32,36)(H,33,37)/t28-,29+/m0/s1.